The Bertz CT molecular complexity index is 1160. The van der Waals surface area contributed by atoms with E-state index in [4.69, 9.17) is 16.3 Å². The number of nitrogens with one attached hydrogen (secondary N) is 1. The van der Waals surface area contributed by atoms with Crippen LogP contribution in [0.25, 0.3) is 11.0 Å². The quantitative estimate of drug-likeness (QED) is 0.588. The van der Waals surface area contributed by atoms with E-state index in [2.05, 4.69) is 15.3 Å². The number of anilines is 1. The van der Waals surface area contributed by atoms with Gasteiger partial charge < -0.3 is 15.0 Å². The number of hydrogen-bond acceptors (Lipinski definition) is 5. The summed E-state index contributed by atoms with van der Waals surface area (Å²) in [4.78, 5) is 23.0. The first kappa shape index (κ1) is 21.2. The summed E-state index contributed by atoms with van der Waals surface area (Å²) in [5.41, 5.74) is 1.04. The highest BCUT2D eigenvalue weighted by Gasteiger charge is 2.31. The molecule has 162 valence electrons. The highest BCUT2D eigenvalue weighted by molar-refractivity contribution is 6.31. The fourth-order valence-electron chi connectivity index (χ4n) is 3.61. The van der Waals surface area contributed by atoms with Crippen LogP contribution < -0.4 is 10.1 Å². The predicted octanol–water partition coefficient (Wildman–Crippen LogP) is 4.28. The summed E-state index contributed by atoms with van der Waals surface area (Å²) in [6.45, 7) is 1.30. The number of hydrogen-bond donors (Lipinski definition) is 1. The fourth-order valence-corrected chi connectivity index (χ4v) is 3.78. The molecular weight excluding hydrogens is 433 g/mol. The first-order valence-electron chi connectivity index (χ1n) is 9.54. The molecule has 1 amide bonds. The van der Waals surface area contributed by atoms with Crippen molar-refractivity contribution in [1.29, 1.82) is 0 Å². The Labute approximate surface area is 181 Å². The van der Waals surface area contributed by atoms with Gasteiger partial charge in [-0.3, -0.25) is 9.78 Å². The molecule has 1 atom stereocenters. The molecular formula is C21H18ClF3N4O2. The summed E-state index contributed by atoms with van der Waals surface area (Å²) < 4.78 is 45.9. The molecule has 1 aliphatic rings. The number of carbonyl (C=O) groups excluding carboxylic acids is 1. The molecule has 10 heteroatoms. The van der Waals surface area contributed by atoms with Crippen molar-refractivity contribution in [3.05, 3.63) is 58.5 Å². The number of carbonyl (C=O) groups is 1. The zero-order valence-corrected chi connectivity index (χ0v) is 17.2. The van der Waals surface area contributed by atoms with Crippen molar-refractivity contribution in [3.63, 3.8) is 0 Å². The molecule has 2 aromatic carbocycles. The molecule has 31 heavy (non-hydrogen) atoms. The average Bonchev–Trinajstić information content (AvgIpc) is 3.24. The van der Waals surface area contributed by atoms with Gasteiger partial charge in [0.15, 0.2) is 17.4 Å². The first-order chi connectivity index (χ1) is 14.9. The van der Waals surface area contributed by atoms with Gasteiger partial charge in [0.2, 0.25) is 5.82 Å². The second kappa shape index (κ2) is 8.58. The second-order valence-corrected chi connectivity index (χ2v) is 7.68. The van der Waals surface area contributed by atoms with Crippen molar-refractivity contribution in [1.82, 2.24) is 14.9 Å². The Morgan fingerprint density at radius 3 is 2.84 bits per heavy atom. The van der Waals surface area contributed by atoms with Crippen LogP contribution >= 0.6 is 11.6 Å². The molecule has 1 saturated heterocycles. The van der Waals surface area contributed by atoms with E-state index in [1.165, 1.54) is 4.90 Å². The lowest BCUT2D eigenvalue weighted by Gasteiger charge is -2.19. The van der Waals surface area contributed by atoms with Crippen LogP contribution in [0.4, 0.5) is 19.0 Å². The number of methoxy groups -OCH3 is 1. The molecule has 0 aliphatic carbocycles. The minimum absolute atomic E-state index is 0.0906. The number of ether oxygens (including phenoxy) is 1. The second-order valence-electron chi connectivity index (χ2n) is 7.24. The van der Waals surface area contributed by atoms with Crippen LogP contribution in [0.15, 0.2) is 30.5 Å². The van der Waals surface area contributed by atoms with E-state index in [9.17, 15) is 18.0 Å². The number of halogens is 4. The summed E-state index contributed by atoms with van der Waals surface area (Å²) in [6.07, 6.45) is 2.29. The summed E-state index contributed by atoms with van der Waals surface area (Å²) in [5.74, 6) is -5.15. The SMILES string of the molecule is COc1c(C(=O)N2CCC(CNc3cnc4cc(Cl)ccc4n3)C2)cc(F)c(F)c1F. The van der Waals surface area contributed by atoms with Gasteiger partial charge in [0.05, 0.1) is 29.9 Å². The smallest absolute Gasteiger partial charge is 0.257 e. The predicted molar refractivity (Wildman–Crippen MR) is 110 cm³/mol. The maximum absolute atomic E-state index is 13.9. The van der Waals surface area contributed by atoms with Gasteiger partial charge >= 0.3 is 0 Å². The van der Waals surface area contributed by atoms with Gasteiger partial charge in [-0.05, 0) is 36.6 Å². The summed E-state index contributed by atoms with van der Waals surface area (Å²) >= 11 is 5.95. The lowest BCUT2D eigenvalue weighted by atomic mass is 10.1. The molecule has 1 aromatic heterocycles. The van der Waals surface area contributed by atoms with Crippen LogP contribution in [0.5, 0.6) is 5.75 Å². The van der Waals surface area contributed by atoms with Crippen LogP contribution in [-0.2, 0) is 0 Å². The minimum Gasteiger partial charge on any atom is -0.493 e. The van der Waals surface area contributed by atoms with Crippen LogP contribution in [0, 0.1) is 23.4 Å². The molecule has 6 nitrogen and oxygen atoms in total. The molecule has 2 heterocycles. The molecule has 3 aromatic rings. The van der Waals surface area contributed by atoms with E-state index in [0.29, 0.717) is 54.0 Å². The van der Waals surface area contributed by atoms with Crippen molar-refractivity contribution in [2.45, 2.75) is 6.42 Å². The maximum Gasteiger partial charge on any atom is 0.257 e. The van der Waals surface area contributed by atoms with E-state index >= 15 is 0 Å². The van der Waals surface area contributed by atoms with Crippen molar-refractivity contribution >= 4 is 34.4 Å². The Balaban J connectivity index is 1.42. The Morgan fingerprint density at radius 2 is 2.06 bits per heavy atom. The first-order valence-corrected chi connectivity index (χ1v) is 9.92. The van der Waals surface area contributed by atoms with Gasteiger partial charge in [-0.1, -0.05) is 11.6 Å². The van der Waals surface area contributed by atoms with Crippen molar-refractivity contribution < 1.29 is 22.7 Å². The summed E-state index contributed by atoms with van der Waals surface area (Å²) in [6, 6.07) is 5.91. The normalized spacial score (nSPS) is 16.0. The van der Waals surface area contributed by atoms with Gasteiger partial charge in [0.25, 0.3) is 5.91 Å². The number of fused-ring (bicyclic) bond motifs is 1. The molecule has 1 N–H and O–H groups in total. The summed E-state index contributed by atoms with van der Waals surface area (Å²) in [5, 5.41) is 3.78. The zero-order valence-electron chi connectivity index (χ0n) is 16.5. The molecule has 1 fully saturated rings. The van der Waals surface area contributed by atoms with Crippen molar-refractivity contribution in [3.8, 4) is 5.75 Å². The number of benzene rings is 2. The zero-order chi connectivity index (χ0) is 22.1. The van der Waals surface area contributed by atoms with Gasteiger partial charge in [-0.15, -0.1) is 0 Å². The largest absolute Gasteiger partial charge is 0.493 e. The number of likely N-dealkylation sites (tertiary alicyclic amines) is 1. The van der Waals surface area contributed by atoms with Gasteiger partial charge in [-0.25, -0.2) is 13.8 Å². The minimum atomic E-state index is -1.67. The van der Waals surface area contributed by atoms with E-state index in [1.807, 2.05) is 0 Å². The van der Waals surface area contributed by atoms with Crippen molar-refractivity contribution in [2.75, 3.05) is 32.1 Å². The third-order valence-electron chi connectivity index (χ3n) is 5.20. The lowest BCUT2D eigenvalue weighted by Crippen LogP contribution is -2.30. The number of amides is 1. The number of rotatable bonds is 5. The Hall–Kier alpha value is -3.07. The molecule has 0 spiro atoms. The van der Waals surface area contributed by atoms with Crippen LogP contribution in [0.1, 0.15) is 16.8 Å². The Kier molecular flexibility index (Phi) is 5.86. The van der Waals surface area contributed by atoms with Gasteiger partial charge in [0, 0.05) is 24.7 Å². The number of nitrogens with zero attached hydrogens (tertiary/aromatic N) is 3. The molecule has 1 unspecified atom stereocenters. The van der Waals surface area contributed by atoms with Crippen molar-refractivity contribution in [2.24, 2.45) is 5.92 Å². The van der Waals surface area contributed by atoms with Crippen LogP contribution in [0.3, 0.4) is 0 Å². The standard InChI is InChI=1S/C21H18ClF3N4O2/c1-31-20-13(7-14(23)18(24)19(20)25)21(30)29-5-4-11(10-29)8-27-17-9-26-16-6-12(22)2-3-15(16)28-17/h2-3,6-7,9,11H,4-5,8,10H2,1H3,(H,27,28). The summed E-state index contributed by atoms with van der Waals surface area (Å²) in [7, 11) is 1.10. The van der Waals surface area contributed by atoms with Gasteiger partial charge in [-0.2, -0.15) is 4.39 Å². The van der Waals surface area contributed by atoms with Crippen LogP contribution in [-0.4, -0.2) is 47.5 Å². The highest BCUT2D eigenvalue weighted by Crippen LogP contribution is 2.30. The van der Waals surface area contributed by atoms with Gasteiger partial charge in [0.1, 0.15) is 5.82 Å². The number of aromatic nitrogens is 2. The molecule has 0 radical (unpaired) electrons. The van der Waals surface area contributed by atoms with E-state index < -0.39 is 29.1 Å². The fraction of sp³-hybridized carbons (Fsp3) is 0.286. The van der Waals surface area contributed by atoms with E-state index in [1.54, 1.807) is 24.4 Å². The molecule has 0 bridgehead atoms. The molecule has 4 rings (SSSR count). The monoisotopic (exact) mass is 450 g/mol. The highest BCUT2D eigenvalue weighted by atomic mass is 35.5. The lowest BCUT2D eigenvalue weighted by molar-refractivity contribution is 0.0782. The van der Waals surface area contributed by atoms with Crippen LogP contribution in [0.2, 0.25) is 5.02 Å². The van der Waals surface area contributed by atoms with E-state index in [-0.39, 0.29) is 11.5 Å². The maximum atomic E-state index is 13.9. The molecule has 0 saturated carbocycles. The Morgan fingerprint density at radius 1 is 1.26 bits per heavy atom. The third kappa shape index (κ3) is 4.23. The average molecular weight is 451 g/mol. The third-order valence-corrected chi connectivity index (χ3v) is 5.44. The topological polar surface area (TPSA) is 67.3 Å². The molecule has 1 aliphatic heterocycles. The van der Waals surface area contributed by atoms with E-state index in [0.717, 1.165) is 7.11 Å².